The van der Waals surface area contributed by atoms with Crippen LogP contribution in [0.3, 0.4) is 0 Å². The number of carbonyl (C=O) groups is 1. The molecule has 110 valence electrons. The Morgan fingerprint density at radius 1 is 1.43 bits per heavy atom. The van der Waals surface area contributed by atoms with Gasteiger partial charge in [0.2, 0.25) is 0 Å². The van der Waals surface area contributed by atoms with E-state index >= 15 is 0 Å². The molecule has 21 heavy (non-hydrogen) atoms. The van der Waals surface area contributed by atoms with Gasteiger partial charge in [-0.05, 0) is 25.0 Å². The third kappa shape index (κ3) is 2.84. The Kier molecular flexibility index (Phi) is 4.03. The number of thiazole rings is 1. The average molecular weight is 302 g/mol. The molecule has 1 amide bonds. The first-order valence-corrected chi connectivity index (χ1v) is 7.97. The molecule has 0 unspecified atom stereocenters. The highest BCUT2D eigenvalue weighted by molar-refractivity contribution is 7.07. The highest BCUT2D eigenvalue weighted by Gasteiger charge is 2.32. The molecule has 0 saturated carbocycles. The largest absolute Gasteiger partial charge is 0.370 e. The second-order valence-electron chi connectivity index (χ2n) is 5.36. The molecule has 1 saturated heterocycles. The monoisotopic (exact) mass is 302 g/mol. The van der Waals surface area contributed by atoms with Crippen LogP contribution in [0.4, 0.5) is 0 Å². The van der Waals surface area contributed by atoms with Crippen LogP contribution in [-0.2, 0) is 4.74 Å². The summed E-state index contributed by atoms with van der Waals surface area (Å²) in [5, 5.41) is 1.80. The fourth-order valence-electron chi connectivity index (χ4n) is 2.64. The number of aromatic nitrogens is 1. The van der Waals surface area contributed by atoms with Crippen molar-refractivity contribution in [3.8, 4) is 0 Å². The summed E-state index contributed by atoms with van der Waals surface area (Å²) in [5.41, 5.74) is 4.56. The molecule has 0 radical (unpaired) electrons. The fraction of sp³-hybridized carbons (Fsp3) is 0.375. The Morgan fingerprint density at radius 3 is 2.95 bits per heavy atom. The van der Waals surface area contributed by atoms with Crippen molar-refractivity contribution in [2.24, 2.45) is 0 Å². The fourth-order valence-corrected chi connectivity index (χ4v) is 3.17. The Morgan fingerprint density at radius 2 is 2.24 bits per heavy atom. The molecule has 0 N–H and O–H groups in total. The van der Waals surface area contributed by atoms with Crippen LogP contribution in [0.25, 0.3) is 0 Å². The third-order valence-corrected chi connectivity index (χ3v) is 4.47. The van der Waals surface area contributed by atoms with Crippen molar-refractivity contribution in [3.63, 3.8) is 0 Å². The van der Waals surface area contributed by atoms with Gasteiger partial charge in [-0.25, -0.2) is 4.98 Å². The van der Waals surface area contributed by atoms with Crippen molar-refractivity contribution in [1.29, 1.82) is 0 Å². The molecule has 1 aromatic carbocycles. The quantitative estimate of drug-likeness (QED) is 0.856. The molecule has 0 spiro atoms. The third-order valence-electron chi connectivity index (χ3n) is 3.88. The van der Waals surface area contributed by atoms with Crippen molar-refractivity contribution >= 4 is 17.2 Å². The summed E-state index contributed by atoms with van der Waals surface area (Å²) in [7, 11) is 0. The van der Waals surface area contributed by atoms with Crippen LogP contribution in [0.5, 0.6) is 0 Å². The van der Waals surface area contributed by atoms with Gasteiger partial charge in [-0.15, -0.1) is 11.3 Å². The maximum absolute atomic E-state index is 12.5. The van der Waals surface area contributed by atoms with Crippen LogP contribution in [0.2, 0.25) is 0 Å². The number of nitrogens with zero attached hydrogens (tertiary/aromatic N) is 2. The summed E-state index contributed by atoms with van der Waals surface area (Å²) in [6.45, 7) is 5.21. The predicted octanol–water partition coefficient (Wildman–Crippen LogP) is 3.05. The zero-order valence-electron chi connectivity index (χ0n) is 12.2. The van der Waals surface area contributed by atoms with Gasteiger partial charge in [0.05, 0.1) is 24.7 Å². The second-order valence-corrected chi connectivity index (χ2v) is 6.08. The van der Waals surface area contributed by atoms with E-state index in [1.54, 1.807) is 10.9 Å². The number of ether oxygens (including phenoxy) is 1. The molecule has 2 heterocycles. The Labute approximate surface area is 128 Å². The first-order chi connectivity index (χ1) is 10.2. The van der Waals surface area contributed by atoms with E-state index in [4.69, 9.17) is 4.74 Å². The predicted molar refractivity (Wildman–Crippen MR) is 82.5 cm³/mol. The van der Waals surface area contributed by atoms with Gasteiger partial charge in [0.25, 0.3) is 5.91 Å². The first-order valence-electron chi connectivity index (χ1n) is 7.03. The van der Waals surface area contributed by atoms with E-state index in [0.29, 0.717) is 18.8 Å². The lowest BCUT2D eigenvalue weighted by Crippen LogP contribution is -2.48. The van der Waals surface area contributed by atoms with E-state index in [1.165, 1.54) is 16.9 Å². The van der Waals surface area contributed by atoms with Crippen LogP contribution >= 0.6 is 11.3 Å². The SMILES string of the molecule is Cc1ccccc1[C@H]1CN(C(=O)c2cscn2)[C@@H](C)CO1. The highest BCUT2D eigenvalue weighted by Crippen LogP contribution is 2.28. The lowest BCUT2D eigenvalue weighted by molar-refractivity contribution is -0.0490. The highest BCUT2D eigenvalue weighted by atomic mass is 32.1. The van der Waals surface area contributed by atoms with Crippen LogP contribution in [0.15, 0.2) is 35.2 Å². The standard InChI is InChI=1S/C16H18N2O2S/c1-11-5-3-4-6-13(11)15-7-18(12(2)8-20-15)16(19)14-9-21-10-17-14/h3-6,9-10,12,15H,7-8H2,1-2H3/t12-,15+/m0/s1. The van der Waals surface area contributed by atoms with E-state index < -0.39 is 0 Å². The zero-order chi connectivity index (χ0) is 14.8. The Bertz CT molecular complexity index is 627. The second kappa shape index (κ2) is 5.95. The summed E-state index contributed by atoms with van der Waals surface area (Å²) < 4.78 is 5.94. The number of aryl methyl sites for hydroxylation is 1. The topological polar surface area (TPSA) is 42.4 Å². The molecule has 0 bridgehead atoms. The minimum absolute atomic E-state index is 0.00867. The maximum atomic E-state index is 12.5. The van der Waals surface area contributed by atoms with Crippen molar-refractivity contribution in [2.45, 2.75) is 26.0 Å². The number of benzene rings is 1. The molecule has 2 atom stereocenters. The van der Waals surface area contributed by atoms with E-state index in [-0.39, 0.29) is 18.1 Å². The minimum atomic E-state index is -0.0648. The van der Waals surface area contributed by atoms with Crippen molar-refractivity contribution in [1.82, 2.24) is 9.88 Å². The molecular weight excluding hydrogens is 284 g/mol. The molecule has 3 rings (SSSR count). The van der Waals surface area contributed by atoms with Gasteiger partial charge >= 0.3 is 0 Å². The van der Waals surface area contributed by atoms with Gasteiger partial charge in [0.15, 0.2) is 0 Å². The van der Waals surface area contributed by atoms with Crippen LogP contribution in [-0.4, -0.2) is 35.0 Å². The average Bonchev–Trinajstić information content (AvgIpc) is 3.02. The number of rotatable bonds is 2. The first kappa shape index (κ1) is 14.2. The molecule has 1 aliphatic rings. The van der Waals surface area contributed by atoms with E-state index in [1.807, 2.05) is 24.0 Å². The maximum Gasteiger partial charge on any atom is 0.273 e. The van der Waals surface area contributed by atoms with E-state index in [2.05, 4.69) is 24.0 Å². The summed E-state index contributed by atoms with van der Waals surface area (Å²) in [6, 6.07) is 8.24. The lowest BCUT2D eigenvalue weighted by atomic mass is 10.0. The molecular formula is C16H18N2O2S. The van der Waals surface area contributed by atoms with Crippen LogP contribution in [0, 0.1) is 6.92 Å². The van der Waals surface area contributed by atoms with E-state index in [0.717, 1.165) is 5.56 Å². The molecule has 1 aromatic heterocycles. The summed E-state index contributed by atoms with van der Waals surface area (Å²) in [4.78, 5) is 18.5. The van der Waals surface area contributed by atoms with Crippen molar-refractivity contribution in [2.75, 3.05) is 13.2 Å². The molecule has 1 fully saturated rings. The summed E-state index contributed by atoms with van der Waals surface area (Å²) >= 11 is 1.44. The minimum Gasteiger partial charge on any atom is -0.370 e. The van der Waals surface area contributed by atoms with Crippen molar-refractivity contribution < 1.29 is 9.53 Å². The zero-order valence-corrected chi connectivity index (χ0v) is 13.0. The molecule has 0 aliphatic carbocycles. The molecule has 2 aromatic rings. The summed E-state index contributed by atoms with van der Waals surface area (Å²) in [5.74, 6) is -0.00867. The number of amides is 1. The van der Waals surface area contributed by atoms with Gasteiger partial charge < -0.3 is 9.64 Å². The van der Waals surface area contributed by atoms with Gasteiger partial charge in [0.1, 0.15) is 11.8 Å². The smallest absolute Gasteiger partial charge is 0.273 e. The van der Waals surface area contributed by atoms with Gasteiger partial charge in [0, 0.05) is 5.38 Å². The number of carbonyl (C=O) groups excluding carboxylic acids is 1. The van der Waals surface area contributed by atoms with Crippen LogP contribution in [0.1, 0.15) is 34.6 Å². The van der Waals surface area contributed by atoms with Crippen LogP contribution < -0.4 is 0 Å². The van der Waals surface area contributed by atoms with Gasteiger partial charge in [-0.2, -0.15) is 0 Å². The number of hydrogen-bond donors (Lipinski definition) is 0. The Hall–Kier alpha value is -1.72. The van der Waals surface area contributed by atoms with E-state index in [9.17, 15) is 4.79 Å². The number of hydrogen-bond acceptors (Lipinski definition) is 4. The number of morpholine rings is 1. The summed E-state index contributed by atoms with van der Waals surface area (Å²) in [6.07, 6.45) is -0.0648. The lowest BCUT2D eigenvalue weighted by Gasteiger charge is -2.38. The molecule has 1 aliphatic heterocycles. The molecule has 5 heteroatoms. The normalized spacial score (nSPS) is 22.3. The van der Waals surface area contributed by atoms with Gasteiger partial charge in [-0.1, -0.05) is 24.3 Å². The molecule has 4 nitrogen and oxygen atoms in total. The van der Waals surface area contributed by atoms with Gasteiger partial charge in [-0.3, -0.25) is 4.79 Å². The Balaban J connectivity index is 1.82. The van der Waals surface area contributed by atoms with Crippen molar-refractivity contribution in [3.05, 3.63) is 52.0 Å².